The van der Waals surface area contributed by atoms with Crippen molar-refractivity contribution in [1.29, 1.82) is 0 Å². The van der Waals surface area contributed by atoms with Crippen molar-refractivity contribution in [3.05, 3.63) is 29.6 Å². The number of fused-ring (bicyclic) bond motifs is 1. The van der Waals surface area contributed by atoms with E-state index in [4.69, 9.17) is 0 Å². The van der Waals surface area contributed by atoms with E-state index in [2.05, 4.69) is 30.1 Å². The molecule has 0 amide bonds. The number of rotatable bonds is 4. The van der Waals surface area contributed by atoms with E-state index in [9.17, 15) is 4.39 Å². The van der Waals surface area contributed by atoms with Crippen molar-refractivity contribution < 1.29 is 4.39 Å². The number of likely N-dealkylation sites (tertiary alicyclic amines) is 1. The van der Waals surface area contributed by atoms with E-state index in [1.807, 2.05) is 6.07 Å². The Kier molecular flexibility index (Phi) is 4.87. The van der Waals surface area contributed by atoms with Gasteiger partial charge in [-0.25, -0.2) is 4.39 Å². The van der Waals surface area contributed by atoms with Crippen LogP contribution in [-0.2, 0) is 0 Å². The van der Waals surface area contributed by atoms with E-state index < -0.39 is 0 Å². The quantitative estimate of drug-likeness (QED) is 0.913. The van der Waals surface area contributed by atoms with Crippen LogP contribution in [0.25, 0.3) is 0 Å². The van der Waals surface area contributed by atoms with E-state index in [0.29, 0.717) is 12.1 Å². The molecule has 2 atom stereocenters. The van der Waals surface area contributed by atoms with Crippen LogP contribution >= 0.6 is 11.8 Å². The summed E-state index contributed by atoms with van der Waals surface area (Å²) in [5.74, 6) is 1.68. The molecule has 1 saturated heterocycles. The second-order valence-electron chi connectivity index (χ2n) is 6.50. The van der Waals surface area contributed by atoms with Gasteiger partial charge in [0.2, 0.25) is 0 Å². The van der Waals surface area contributed by atoms with Crippen molar-refractivity contribution in [1.82, 2.24) is 10.2 Å². The Morgan fingerprint density at radius 3 is 3.00 bits per heavy atom. The van der Waals surface area contributed by atoms with Crippen molar-refractivity contribution >= 4 is 11.8 Å². The van der Waals surface area contributed by atoms with Crippen LogP contribution in [0, 0.1) is 11.7 Å². The van der Waals surface area contributed by atoms with Crippen molar-refractivity contribution in [3.63, 3.8) is 0 Å². The van der Waals surface area contributed by atoms with E-state index in [0.717, 1.165) is 35.1 Å². The average Bonchev–Trinajstić information content (AvgIpc) is 2.95. The summed E-state index contributed by atoms with van der Waals surface area (Å²) in [4.78, 5) is 3.41. The summed E-state index contributed by atoms with van der Waals surface area (Å²) in [5.41, 5.74) is 1.16. The number of benzene rings is 1. The summed E-state index contributed by atoms with van der Waals surface area (Å²) in [7, 11) is 0. The molecule has 116 valence electrons. The zero-order chi connectivity index (χ0) is 14.8. The molecule has 2 unspecified atom stereocenters. The van der Waals surface area contributed by atoms with Crippen molar-refractivity contribution in [2.75, 3.05) is 25.4 Å². The van der Waals surface area contributed by atoms with Gasteiger partial charge in [-0.3, -0.25) is 0 Å². The van der Waals surface area contributed by atoms with Gasteiger partial charge in [-0.15, -0.1) is 11.8 Å². The highest BCUT2D eigenvalue weighted by Crippen LogP contribution is 2.37. The third-order valence-corrected chi connectivity index (χ3v) is 5.89. The largest absolute Gasteiger partial charge is 0.310 e. The van der Waals surface area contributed by atoms with Gasteiger partial charge in [0.1, 0.15) is 5.82 Å². The maximum atomic E-state index is 13.9. The van der Waals surface area contributed by atoms with Gasteiger partial charge in [-0.1, -0.05) is 12.1 Å². The molecular weight excluding hydrogens is 283 g/mol. The van der Waals surface area contributed by atoms with Crippen LogP contribution < -0.4 is 5.32 Å². The van der Waals surface area contributed by atoms with Gasteiger partial charge in [0.15, 0.2) is 0 Å². The van der Waals surface area contributed by atoms with Crippen LogP contribution in [0.3, 0.4) is 0 Å². The number of hydrogen-bond donors (Lipinski definition) is 1. The summed E-state index contributed by atoms with van der Waals surface area (Å²) in [6.07, 6.45) is 2.38. The molecule has 0 saturated carbocycles. The number of nitrogens with one attached hydrogen (secondary N) is 1. The van der Waals surface area contributed by atoms with Crippen LogP contribution in [0.15, 0.2) is 23.1 Å². The number of thioether (sulfide) groups is 1. The predicted octanol–water partition coefficient (Wildman–Crippen LogP) is 3.68. The summed E-state index contributed by atoms with van der Waals surface area (Å²) in [5, 5.41) is 3.70. The lowest BCUT2D eigenvalue weighted by Gasteiger charge is -2.27. The minimum absolute atomic E-state index is 0.0594. The van der Waals surface area contributed by atoms with E-state index in [-0.39, 0.29) is 5.82 Å². The summed E-state index contributed by atoms with van der Waals surface area (Å²) < 4.78 is 13.9. The fraction of sp³-hybridized carbons (Fsp3) is 0.647. The molecule has 2 nitrogen and oxygen atoms in total. The van der Waals surface area contributed by atoms with E-state index >= 15 is 0 Å². The highest BCUT2D eigenvalue weighted by atomic mass is 32.2. The molecule has 2 aliphatic rings. The van der Waals surface area contributed by atoms with Gasteiger partial charge in [0.05, 0.1) is 0 Å². The van der Waals surface area contributed by atoms with Gasteiger partial charge in [0, 0.05) is 23.5 Å². The topological polar surface area (TPSA) is 15.3 Å². The van der Waals surface area contributed by atoms with Gasteiger partial charge in [-0.2, -0.15) is 0 Å². The van der Waals surface area contributed by atoms with Crippen LogP contribution in [0.1, 0.15) is 38.3 Å². The molecule has 0 bridgehead atoms. The molecule has 0 spiro atoms. The van der Waals surface area contributed by atoms with Gasteiger partial charge >= 0.3 is 0 Å². The number of nitrogens with zero attached hydrogens (tertiary/aromatic N) is 1. The third kappa shape index (κ3) is 3.43. The minimum atomic E-state index is -0.0594. The molecule has 1 aromatic carbocycles. The lowest BCUT2D eigenvalue weighted by Crippen LogP contribution is -2.33. The molecule has 1 N–H and O–H groups in total. The Morgan fingerprint density at radius 2 is 2.24 bits per heavy atom. The molecular formula is C17H25FN2S. The lowest BCUT2D eigenvalue weighted by molar-refractivity contribution is 0.262. The molecule has 2 heterocycles. The molecule has 21 heavy (non-hydrogen) atoms. The highest BCUT2D eigenvalue weighted by Gasteiger charge is 2.27. The first kappa shape index (κ1) is 15.3. The SMILES string of the molecule is CC(C)N1CCC(CNC2CCSc3c(F)cccc32)C1. The Hall–Kier alpha value is -0.580. The first-order valence-corrected chi connectivity index (χ1v) is 9.02. The average molecular weight is 308 g/mol. The second-order valence-corrected chi connectivity index (χ2v) is 7.60. The lowest BCUT2D eigenvalue weighted by atomic mass is 10.0. The third-order valence-electron chi connectivity index (χ3n) is 4.73. The standard InChI is InChI=1S/C17H25FN2S/c1-12(2)20-8-6-13(11-20)10-19-16-7-9-21-17-14(16)4-3-5-15(17)18/h3-5,12-13,16,19H,6-11H2,1-2H3. The summed E-state index contributed by atoms with van der Waals surface area (Å²) >= 11 is 1.66. The van der Waals surface area contributed by atoms with Crippen LogP contribution in [0.5, 0.6) is 0 Å². The molecule has 0 radical (unpaired) electrons. The fourth-order valence-corrected chi connectivity index (χ4v) is 4.55. The Morgan fingerprint density at radius 1 is 1.38 bits per heavy atom. The zero-order valence-corrected chi connectivity index (χ0v) is 13.8. The van der Waals surface area contributed by atoms with Crippen LogP contribution in [-0.4, -0.2) is 36.3 Å². The first-order chi connectivity index (χ1) is 10.1. The summed E-state index contributed by atoms with van der Waals surface area (Å²) in [6.45, 7) is 8.01. The van der Waals surface area contributed by atoms with Crippen LogP contribution in [0.2, 0.25) is 0 Å². The molecule has 3 rings (SSSR count). The zero-order valence-electron chi connectivity index (χ0n) is 12.9. The Bertz CT molecular complexity index is 492. The molecule has 0 aromatic heterocycles. The highest BCUT2D eigenvalue weighted by molar-refractivity contribution is 7.99. The Labute approximate surface area is 131 Å². The van der Waals surface area contributed by atoms with Crippen LogP contribution in [0.4, 0.5) is 4.39 Å². The number of hydrogen-bond acceptors (Lipinski definition) is 3. The Balaban J connectivity index is 1.59. The summed E-state index contributed by atoms with van der Waals surface area (Å²) in [6, 6.07) is 6.47. The maximum absolute atomic E-state index is 13.9. The van der Waals surface area contributed by atoms with Crippen molar-refractivity contribution in [2.45, 2.75) is 43.7 Å². The molecule has 1 fully saturated rings. The minimum Gasteiger partial charge on any atom is -0.310 e. The van der Waals surface area contributed by atoms with Gasteiger partial charge in [0.25, 0.3) is 0 Å². The molecule has 4 heteroatoms. The van der Waals surface area contributed by atoms with E-state index in [1.165, 1.54) is 19.5 Å². The fourth-order valence-electron chi connectivity index (χ4n) is 3.41. The first-order valence-electron chi connectivity index (χ1n) is 8.04. The number of halogens is 1. The van der Waals surface area contributed by atoms with Crippen molar-refractivity contribution in [3.8, 4) is 0 Å². The normalized spacial score (nSPS) is 26.3. The molecule has 0 aliphatic carbocycles. The smallest absolute Gasteiger partial charge is 0.137 e. The maximum Gasteiger partial charge on any atom is 0.137 e. The van der Waals surface area contributed by atoms with Crippen molar-refractivity contribution in [2.24, 2.45) is 5.92 Å². The second kappa shape index (κ2) is 6.67. The van der Waals surface area contributed by atoms with E-state index in [1.54, 1.807) is 17.8 Å². The van der Waals surface area contributed by atoms with Gasteiger partial charge in [-0.05, 0) is 63.1 Å². The monoisotopic (exact) mass is 308 g/mol. The molecule has 1 aromatic rings. The van der Waals surface area contributed by atoms with Gasteiger partial charge < -0.3 is 10.2 Å². The molecule has 2 aliphatic heterocycles. The predicted molar refractivity (Wildman–Crippen MR) is 87.3 cm³/mol.